The molecule has 0 unspecified atom stereocenters. The number of hydrogen-bond acceptors (Lipinski definition) is 7. The minimum Gasteiger partial charge on any atom is -0.378 e. The normalized spacial score (nSPS) is 14.0. The molecule has 150 valence electrons. The Morgan fingerprint density at radius 3 is 2.66 bits per heavy atom. The lowest BCUT2D eigenvalue weighted by Crippen LogP contribution is -2.36. The highest BCUT2D eigenvalue weighted by molar-refractivity contribution is 7.99. The monoisotopic (exact) mass is 410 g/mol. The molecule has 29 heavy (non-hydrogen) atoms. The number of hydrogen-bond donors (Lipinski definition) is 1. The summed E-state index contributed by atoms with van der Waals surface area (Å²) in [6.07, 6.45) is 0. The third-order valence-electron chi connectivity index (χ3n) is 4.64. The van der Waals surface area contributed by atoms with Crippen LogP contribution < -0.4 is 10.2 Å². The smallest absolute Gasteiger partial charge is 0.234 e. The van der Waals surface area contributed by atoms with Gasteiger partial charge >= 0.3 is 0 Å². The molecular formula is C20H22N6O2S. The van der Waals surface area contributed by atoms with E-state index in [0.29, 0.717) is 5.16 Å². The van der Waals surface area contributed by atoms with E-state index in [2.05, 4.69) is 25.7 Å². The molecule has 9 heteroatoms. The Morgan fingerprint density at radius 2 is 1.90 bits per heavy atom. The molecule has 8 nitrogen and oxygen atoms in total. The predicted molar refractivity (Wildman–Crippen MR) is 113 cm³/mol. The van der Waals surface area contributed by atoms with Crippen LogP contribution in [0.15, 0.2) is 53.7 Å². The number of nitrogens with one attached hydrogen (secondary N) is 1. The third-order valence-corrected chi connectivity index (χ3v) is 5.56. The Balaban J connectivity index is 1.34. The van der Waals surface area contributed by atoms with Gasteiger partial charge in [0.15, 0.2) is 0 Å². The molecule has 1 saturated heterocycles. The summed E-state index contributed by atoms with van der Waals surface area (Å²) in [5.41, 5.74) is 3.87. The molecule has 0 aliphatic carbocycles. The highest BCUT2D eigenvalue weighted by atomic mass is 32.2. The van der Waals surface area contributed by atoms with E-state index in [4.69, 9.17) is 4.74 Å². The van der Waals surface area contributed by atoms with Crippen molar-refractivity contribution in [1.82, 2.24) is 20.2 Å². The average Bonchev–Trinajstić information content (AvgIpc) is 3.22. The molecule has 2 aromatic carbocycles. The number of thioether (sulfide) groups is 1. The second-order valence-electron chi connectivity index (χ2n) is 6.64. The Kier molecular flexibility index (Phi) is 6.06. The molecular weight excluding hydrogens is 388 g/mol. The number of nitrogens with zero attached hydrogens (tertiary/aromatic N) is 5. The summed E-state index contributed by atoms with van der Waals surface area (Å²) in [5, 5.41) is 15.4. The zero-order chi connectivity index (χ0) is 20.1. The summed E-state index contributed by atoms with van der Waals surface area (Å²) >= 11 is 1.30. The highest BCUT2D eigenvalue weighted by Crippen LogP contribution is 2.22. The summed E-state index contributed by atoms with van der Waals surface area (Å²) in [6, 6.07) is 15.7. The van der Waals surface area contributed by atoms with Crippen LogP contribution in [-0.4, -0.2) is 58.2 Å². The standard InChI is InChI=1S/C20H22N6O2S/c1-15-4-2-3-5-18(15)26-20(22-23-24-26)29-14-19(27)21-16-6-8-17(9-7-16)25-10-12-28-13-11-25/h2-9H,10-14H2,1H3,(H,21,27). The summed E-state index contributed by atoms with van der Waals surface area (Å²) in [4.78, 5) is 14.6. The van der Waals surface area contributed by atoms with Gasteiger partial charge in [0, 0.05) is 24.5 Å². The van der Waals surface area contributed by atoms with Crippen LogP contribution in [0, 0.1) is 6.92 Å². The second kappa shape index (κ2) is 9.06. The van der Waals surface area contributed by atoms with Gasteiger partial charge < -0.3 is 15.0 Å². The second-order valence-corrected chi connectivity index (χ2v) is 7.59. The summed E-state index contributed by atoms with van der Waals surface area (Å²) in [6.45, 7) is 5.27. The van der Waals surface area contributed by atoms with Crippen molar-refractivity contribution in [3.8, 4) is 5.69 Å². The molecule has 1 N–H and O–H groups in total. The van der Waals surface area contributed by atoms with Crippen LogP contribution in [0.2, 0.25) is 0 Å². The van der Waals surface area contributed by atoms with Crippen molar-refractivity contribution >= 4 is 29.0 Å². The molecule has 0 saturated carbocycles. The molecule has 0 atom stereocenters. The van der Waals surface area contributed by atoms with Gasteiger partial charge in [-0.15, -0.1) is 5.10 Å². The summed E-state index contributed by atoms with van der Waals surface area (Å²) < 4.78 is 7.04. The largest absolute Gasteiger partial charge is 0.378 e. The van der Waals surface area contributed by atoms with Gasteiger partial charge in [-0.3, -0.25) is 4.79 Å². The summed E-state index contributed by atoms with van der Waals surface area (Å²) in [7, 11) is 0. The summed E-state index contributed by atoms with van der Waals surface area (Å²) in [5.74, 6) is 0.116. The van der Waals surface area contributed by atoms with Gasteiger partial charge in [0.1, 0.15) is 0 Å². The van der Waals surface area contributed by atoms with Crippen molar-refractivity contribution in [3.05, 3.63) is 54.1 Å². The van der Waals surface area contributed by atoms with Crippen LogP contribution in [0.3, 0.4) is 0 Å². The van der Waals surface area contributed by atoms with E-state index in [1.807, 2.05) is 55.5 Å². The van der Waals surface area contributed by atoms with Gasteiger partial charge in [-0.1, -0.05) is 30.0 Å². The fraction of sp³-hybridized carbons (Fsp3) is 0.300. The first kappa shape index (κ1) is 19.4. The van der Waals surface area contributed by atoms with E-state index in [1.54, 1.807) is 4.68 Å². The van der Waals surface area contributed by atoms with Gasteiger partial charge in [-0.25, -0.2) is 0 Å². The predicted octanol–water partition coefficient (Wildman–Crippen LogP) is 2.54. The Bertz CT molecular complexity index is 969. The van der Waals surface area contributed by atoms with E-state index < -0.39 is 0 Å². The minimum atomic E-state index is -0.103. The Labute approximate surface area is 173 Å². The molecule has 1 amide bonds. The average molecular weight is 411 g/mol. The van der Waals surface area contributed by atoms with Gasteiger partial charge in [0.05, 0.1) is 24.7 Å². The molecule has 4 rings (SSSR count). The maximum absolute atomic E-state index is 12.4. The number of para-hydroxylation sites is 1. The molecule has 1 aliphatic rings. The number of amides is 1. The molecule has 0 bridgehead atoms. The number of carbonyl (C=O) groups excluding carboxylic acids is 1. The van der Waals surface area contributed by atoms with E-state index in [-0.39, 0.29) is 11.7 Å². The molecule has 1 aromatic heterocycles. The van der Waals surface area contributed by atoms with E-state index in [0.717, 1.165) is 48.9 Å². The lowest BCUT2D eigenvalue weighted by atomic mass is 10.2. The molecule has 3 aromatic rings. The first-order valence-electron chi connectivity index (χ1n) is 9.40. The zero-order valence-electron chi connectivity index (χ0n) is 16.1. The zero-order valence-corrected chi connectivity index (χ0v) is 16.9. The van der Waals surface area contributed by atoms with Gasteiger partial charge in [-0.05, 0) is 53.2 Å². The number of carbonyl (C=O) groups is 1. The highest BCUT2D eigenvalue weighted by Gasteiger charge is 2.14. The first-order chi connectivity index (χ1) is 14.2. The maximum Gasteiger partial charge on any atom is 0.234 e. The minimum absolute atomic E-state index is 0.103. The maximum atomic E-state index is 12.4. The first-order valence-corrected chi connectivity index (χ1v) is 10.4. The van der Waals surface area contributed by atoms with Crippen molar-refractivity contribution in [3.63, 3.8) is 0 Å². The van der Waals surface area contributed by atoms with Crippen LogP contribution >= 0.6 is 11.8 Å². The van der Waals surface area contributed by atoms with Crippen LogP contribution in [0.25, 0.3) is 5.69 Å². The van der Waals surface area contributed by atoms with Gasteiger partial charge in [-0.2, -0.15) is 4.68 Å². The van der Waals surface area contributed by atoms with Crippen LogP contribution in [-0.2, 0) is 9.53 Å². The lowest BCUT2D eigenvalue weighted by Gasteiger charge is -2.28. The lowest BCUT2D eigenvalue weighted by molar-refractivity contribution is -0.113. The number of ether oxygens (including phenoxy) is 1. The fourth-order valence-electron chi connectivity index (χ4n) is 3.13. The number of morpholine rings is 1. The number of rotatable bonds is 6. The Hall–Kier alpha value is -2.91. The number of tetrazole rings is 1. The van der Waals surface area contributed by atoms with E-state index in [1.165, 1.54) is 11.8 Å². The van der Waals surface area contributed by atoms with Gasteiger partial charge in [0.25, 0.3) is 0 Å². The number of aromatic nitrogens is 4. The molecule has 1 aliphatic heterocycles. The molecule has 2 heterocycles. The van der Waals surface area contributed by atoms with Gasteiger partial charge in [0.2, 0.25) is 11.1 Å². The molecule has 0 radical (unpaired) electrons. The molecule has 0 spiro atoms. The Morgan fingerprint density at radius 1 is 1.14 bits per heavy atom. The van der Waals surface area contributed by atoms with Crippen molar-refractivity contribution in [2.24, 2.45) is 0 Å². The van der Waals surface area contributed by atoms with Crippen molar-refractivity contribution in [1.29, 1.82) is 0 Å². The van der Waals surface area contributed by atoms with E-state index >= 15 is 0 Å². The van der Waals surface area contributed by atoms with Crippen molar-refractivity contribution < 1.29 is 9.53 Å². The van der Waals surface area contributed by atoms with E-state index in [9.17, 15) is 4.79 Å². The van der Waals surface area contributed by atoms with Crippen LogP contribution in [0.4, 0.5) is 11.4 Å². The SMILES string of the molecule is Cc1ccccc1-n1nnnc1SCC(=O)Nc1ccc(N2CCOCC2)cc1. The fourth-order valence-corrected chi connectivity index (χ4v) is 3.81. The topological polar surface area (TPSA) is 85.2 Å². The van der Waals surface area contributed by atoms with Crippen LogP contribution in [0.1, 0.15) is 5.56 Å². The van der Waals surface area contributed by atoms with Crippen molar-refractivity contribution in [2.75, 3.05) is 42.3 Å². The van der Waals surface area contributed by atoms with Crippen LogP contribution in [0.5, 0.6) is 0 Å². The quantitative estimate of drug-likeness (QED) is 0.625. The number of benzene rings is 2. The number of anilines is 2. The molecule has 1 fully saturated rings. The third kappa shape index (κ3) is 4.75. The number of aryl methyl sites for hydroxylation is 1. The van der Waals surface area contributed by atoms with Crippen molar-refractivity contribution in [2.45, 2.75) is 12.1 Å².